The lowest BCUT2D eigenvalue weighted by Crippen LogP contribution is -2.23. The van der Waals surface area contributed by atoms with E-state index in [9.17, 15) is 5.26 Å². The number of hydrogen-bond donors (Lipinski definition) is 1. The van der Waals surface area contributed by atoms with Gasteiger partial charge in [-0.25, -0.2) is 0 Å². The standard InChI is InChI=1S/C16H23N3O/c1-2-20-9-3-7-19-8-5-14-10-13(4-6-17)11-15(12-18)16(14)19/h10-11H,2-9,17H2,1H3. The summed E-state index contributed by atoms with van der Waals surface area (Å²) in [6.45, 7) is 6.15. The monoisotopic (exact) mass is 273 g/mol. The third-order valence-corrected chi connectivity index (χ3v) is 3.69. The molecule has 0 fully saturated rings. The lowest BCUT2D eigenvalue weighted by atomic mass is 10.0. The van der Waals surface area contributed by atoms with E-state index in [1.165, 1.54) is 11.1 Å². The fourth-order valence-electron chi connectivity index (χ4n) is 2.81. The first kappa shape index (κ1) is 14.8. The summed E-state index contributed by atoms with van der Waals surface area (Å²) in [6.07, 6.45) is 2.87. The minimum Gasteiger partial charge on any atom is -0.382 e. The second-order valence-corrected chi connectivity index (χ2v) is 5.09. The first-order chi connectivity index (χ1) is 9.80. The molecule has 1 heterocycles. The smallest absolute Gasteiger partial charge is 0.101 e. The van der Waals surface area contributed by atoms with Crippen molar-refractivity contribution in [1.29, 1.82) is 5.26 Å². The number of rotatable bonds is 7. The zero-order valence-corrected chi connectivity index (χ0v) is 12.2. The van der Waals surface area contributed by atoms with E-state index in [2.05, 4.69) is 17.0 Å². The average Bonchev–Trinajstić information content (AvgIpc) is 2.86. The average molecular weight is 273 g/mol. The maximum Gasteiger partial charge on any atom is 0.101 e. The van der Waals surface area contributed by atoms with Crippen molar-refractivity contribution in [2.45, 2.75) is 26.2 Å². The first-order valence-electron chi connectivity index (χ1n) is 7.38. The second-order valence-electron chi connectivity index (χ2n) is 5.09. The zero-order valence-electron chi connectivity index (χ0n) is 12.2. The number of nitrogens with two attached hydrogens (primary N) is 1. The van der Waals surface area contributed by atoms with Gasteiger partial charge in [0, 0.05) is 26.3 Å². The van der Waals surface area contributed by atoms with E-state index >= 15 is 0 Å². The number of benzene rings is 1. The van der Waals surface area contributed by atoms with Crippen molar-refractivity contribution in [3.63, 3.8) is 0 Å². The molecule has 0 bridgehead atoms. The maximum atomic E-state index is 9.39. The molecule has 0 amide bonds. The molecule has 0 unspecified atom stereocenters. The van der Waals surface area contributed by atoms with Gasteiger partial charge in [-0.1, -0.05) is 6.07 Å². The van der Waals surface area contributed by atoms with Gasteiger partial charge >= 0.3 is 0 Å². The van der Waals surface area contributed by atoms with Gasteiger partial charge in [0.2, 0.25) is 0 Å². The van der Waals surface area contributed by atoms with Crippen LogP contribution in [-0.2, 0) is 17.6 Å². The molecule has 1 aromatic carbocycles. The normalized spacial score (nSPS) is 13.3. The van der Waals surface area contributed by atoms with Gasteiger partial charge in [0.15, 0.2) is 0 Å². The van der Waals surface area contributed by atoms with Gasteiger partial charge in [-0.3, -0.25) is 0 Å². The molecule has 1 aliphatic heterocycles. The summed E-state index contributed by atoms with van der Waals surface area (Å²) in [4.78, 5) is 2.32. The van der Waals surface area contributed by atoms with Gasteiger partial charge in [0.25, 0.3) is 0 Å². The third kappa shape index (κ3) is 3.30. The highest BCUT2D eigenvalue weighted by molar-refractivity contribution is 5.68. The van der Waals surface area contributed by atoms with Crippen LogP contribution in [0.3, 0.4) is 0 Å². The molecule has 108 valence electrons. The summed E-state index contributed by atoms with van der Waals surface area (Å²) in [5.74, 6) is 0. The van der Waals surface area contributed by atoms with E-state index in [0.29, 0.717) is 6.54 Å². The molecule has 0 spiro atoms. The Balaban J connectivity index is 2.12. The molecule has 0 aromatic heterocycles. The van der Waals surface area contributed by atoms with Crippen LogP contribution in [0.2, 0.25) is 0 Å². The van der Waals surface area contributed by atoms with Crippen molar-refractivity contribution in [2.24, 2.45) is 5.73 Å². The summed E-state index contributed by atoms with van der Waals surface area (Å²) in [7, 11) is 0. The van der Waals surface area contributed by atoms with Crippen LogP contribution in [-0.4, -0.2) is 32.8 Å². The van der Waals surface area contributed by atoms with Crippen molar-refractivity contribution < 1.29 is 4.74 Å². The SMILES string of the molecule is CCOCCCN1CCc2cc(CCN)cc(C#N)c21. The summed E-state index contributed by atoms with van der Waals surface area (Å²) in [5.41, 5.74) is 10.0. The molecule has 1 aliphatic rings. The van der Waals surface area contributed by atoms with Gasteiger partial charge in [-0.15, -0.1) is 0 Å². The number of anilines is 1. The molecule has 2 rings (SSSR count). The van der Waals surface area contributed by atoms with Crippen molar-refractivity contribution in [3.8, 4) is 6.07 Å². The molecule has 1 aromatic rings. The van der Waals surface area contributed by atoms with E-state index in [1.807, 2.05) is 13.0 Å². The fraction of sp³-hybridized carbons (Fsp3) is 0.562. The van der Waals surface area contributed by atoms with E-state index in [0.717, 1.165) is 56.8 Å². The molecule has 20 heavy (non-hydrogen) atoms. The second kappa shape index (κ2) is 7.28. The fourth-order valence-corrected chi connectivity index (χ4v) is 2.81. The van der Waals surface area contributed by atoms with Crippen LogP contribution in [0.25, 0.3) is 0 Å². The molecule has 0 atom stereocenters. The Morgan fingerprint density at radius 1 is 1.45 bits per heavy atom. The van der Waals surface area contributed by atoms with Crippen LogP contribution < -0.4 is 10.6 Å². The van der Waals surface area contributed by atoms with Crippen LogP contribution >= 0.6 is 0 Å². The Kier molecular flexibility index (Phi) is 5.40. The largest absolute Gasteiger partial charge is 0.382 e. The van der Waals surface area contributed by atoms with Crippen LogP contribution in [0.15, 0.2) is 12.1 Å². The number of hydrogen-bond acceptors (Lipinski definition) is 4. The summed E-state index contributed by atoms with van der Waals surface area (Å²) in [5, 5.41) is 9.39. The summed E-state index contributed by atoms with van der Waals surface area (Å²) < 4.78 is 5.38. The van der Waals surface area contributed by atoms with Crippen molar-refractivity contribution in [2.75, 3.05) is 37.7 Å². The van der Waals surface area contributed by atoms with Crippen LogP contribution in [0, 0.1) is 11.3 Å². The quantitative estimate of drug-likeness (QED) is 0.770. The zero-order chi connectivity index (χ0) is 14.4. The maximum absolute atomic E-state index is 9.39. The molecule has 0 aliphatic carbocycles. The van der Waals surface area contributed by atoms with E-state index < -0.39 is 0 Å². The Hall–Kier alpha value is -1.57. The predicted octanol–water partition coefficient (Wildman–Crippen LogP) is 1.85. The molecule has 0 saturated heterocycles. The predicted molar refractivity (Wildman–Crippen MR) is 80.9 cm³/mol. The Morgan fingerprint density at radius 3 is 3.00 bits per heavy atom. The summed E-state index contributed by atoms with van der Waals surface area (Å²) >= 11 is 0. The third-order valence-electron chi connectivity index (χ3n) is 3.69. The highest BCUT2D eigenvalue weighted by atomic mass is 16.5. The lowest BCUT2D eigenvalue weighted by molar-refractivity contribution is 0.146. The highest BCUT2D eigenvalue weighted by Gasteiger charge is 2.22. The molecule has 0 radical (unpaired) electrons. The van der Waals surface area contributed by atoms with Crippen LogP contribution in [0.5, 0.6) is 0 Å². The molecule has 4 nitrogen and oxygen atoms in total. The van der Waals surface area contributed by atoms with Crippen LogP contribution in [0.4, 0.5) is 5.69 Å². The Labute approximate surface area is 121 Å². The molecular weight excluding hydrogens is 250 g/mol. The Bertz CT molecular complexity index is 493. The molecule has 4 heteroatoms. The van der Waals surface area contributed by atoms with Crippen molar-refractivity contribution >= 4 is 5.69 Å². The van der Waals surface area contributed by atoms with Gasteiger partial charge in [0.1, 0.15) is 6.07 Å². The summed E-state index contributed by atoms with van der Waals surface area (Å²) in [6, 6.07) is 6.55. The van der Waals surface area contributed by atoms with Crippen molar-refractivity contribution in [1.82, 2.24) is 0 Å². The first-order valence-corrected chi connectivity index (χ1v) is 7.38. The van der Waals surface area contributed by atoms with E-state index in [1.54, 1.807) is 0 Å². The minimum absolute atomic E-state index is 0.627. The van der Waals surface area contributed by atoms with Gasteiger partial charge in [-0.05, 0) is 49.9 Å². The number of nitrogens with zero attached hydrogens (tertiary/aromatic N) is 2. The number of fused-ring (bicyclic) bond motifs is 1. The van der Waals surface area contributed by atoms with Gasteiger partial charge in [0.05, 0.1) is 11.3 Å². The van der Waals surface area contributed by atoms with E-state index in [4.69, 9.17) is 10.5 Å². The molecule has 2 N–H and O–H groups in total. The number of ether oxygens (including phenoxy) is 1. The number of nitriles is 1. The van der Waals surface area contributed by atoms with Crippen molar-refractivity contribution in [3.05, 3.63) is 28.8 Å². The minimum atomic E-state index is 0.627. The van der Waals surface area contributed by atoms with E-state index in [-0.39, 0.29) is 0 Å². The molecule has 0 saturated carbocycles. The lowest BCUT2D eigenvalue weighted by Gasteiger charge is -2.20. The van der Waals surface area contributed by atoms with Gasteiger partial charge in [-0.2, -0.15) is 5.26 Å². The van der Waals surface area contributed by atoms with Crippen LogP contribution in [0.1, 0.15) is 30.0 Å². The van der Waals surface area contributed by atoms with Gasteiger partial charge < -0.3 is 15.4 Å². The Morgan fingerprint density at radius 2 is 2.30 bits per heavy atom. The topological polar surface area (TPSA) is 62.3 Å². The molecular formula is C16H23N3O. The highest BCUT2D eigenvalue weighted by Crippen LogP contribution is 2.33.